The summed E-state index contributed by atoms with van der Waals surface area (Å²) in [5.41, 5.74) is 5.62. The number of nitrogens with two attached hydrogens (primary N) is 1. The molecule has 0 aliphatic carbocycles. The first-order valence-electron chi connectivity index (χ1n) is 4.90. The molecule has 5 nitrogen and oxygen atoms in total. The van der Waals surface area contributed by atoms with E-state index in [1.165, 1.54) is 20.4 Å². The Balaban J connectivity index is 2.78. The molecule has 2 aromatic rings. The number of benzene rings is 1. The van der Waals surface area contributed by atoms with Gasteiger partial charge in [0.1, 0.15) is 5.82 Å². The maximum absolute atomic E-state index is 13.9. The zero-order valence-corrected chi connectivity index (χ0v) is 9.66. The van der Waals surface area contributed by atoms with Crippen molar-refractivity contribution < 1.29 is 22.8 Å². The zero-order chi connectivity index (χ0) is 13.3. The molecule has 1 heterocycles. The van der Waals surface area contributed by atoms with Gasteiger partial charge in [0.05, 0.1) is 31.5 Å². The van der Waals surface area contributed by atoms with Crippen LogP contribution in [-0.2, 0) is 0 Å². The first-order chi connectivity index (χ1) is 8.60. The molecule has 0 radical (unpaired) electrons. The average Bonchev–Trinajstić information content (AvgIpc) is 2.74. The Hall–Kier alpha value is -2.31. The number of methoxy groups -OCH3 is 2. The lowest BCUT2D eigenvalue weighted by Crippen LogP contribution is -2.00. The van der Waals surface area contributed by atoms with Crippen LogP contribution in [0.4, 0.5) is 14.7 Å². The highest BCUT2D eigenvalue weighted by Crippen LogP contribution is 2.43. The first kappa shape index (κ1) is 12.2. The molecular weight excluding hydrogens is 246 g/mol. The number of hydrogen-bond donors (Lipinski definition) is 1. The van der Waals surface area contributed by atoms with Crippen LogP contribution >= 0.6 is 0 Å². The summed E-state index contributed by atoms with van der Waals surface area (Å²) < 4.78 is 41.8. The minimum Gasteiger partial charge on any atom is -0.492 e. The summed E-state index contributed by atoms with van der Waals surface area (Å²) in [6.45, 7) is 0. The van der Waals surface area contributed by atoms with Crippen LogP contribution in [0.1, 0.15) is 0 Å². The molecule has 2 N–H and O–H groups in total. The Bertz CT molecular complexity index is 584. The van der Waals surface area contributed by atoms with Gasteiger partial charge in [-0.1, -0.05) is 5.16 Å². The Labute approximate surface area is 101 Å². The number of aromatic nitrogens is 1. The predicted octanol–water partition coefficient (Wildman–Crippen LogP) is 2.22. The van der Waals surface area contributed by atoms with Crippen molar-refractivity contribution in [1.82, 2.24) is 5.16 Å². The van der Waals surface area contributed by atoms with Gasteiger partial charge in [-0.25, -0.2) is 8.78 Å². The number of rotatable bonds is 3. The third kappa shape index (κ3) is 1.73. The predicted molar refractivity (Wildman–Crippen MR) is 59.4 cm³/mol. The molecule has 0 amide bonds. The second-order valence-corrected chi connectivity index (χ2v) is 3.39. The minimum absolute atomic E-state index is 0.0606. The summed E-state index contributed by atoms with van der Waals surface area (Å²) in [5.74, 6) is -2.13. The van der Waals surface area contributed by atoms with E-state index in [-0.39, 0.29) is 28.5 Å². The van der Waals surface area contributed by atoms with E-state index in [1.54, 1.807) is 0 Å². The molecule has 0 atom stereocenters. The van der Waals surface area contributed by atoms with Crippen LogP contribution in [-0.4, -0.2) is 19.4 Å². The van der Waals surface area contributed by atoms with Crippen molar-refractivity contribution in [3.05, 3.63) is 23.9 Å². The molecule has 0 fully saturated rings. The van der Waals surface area contributed by atoms with Crippen molar-refractivity contribution >= 4 is 5.88 Å². The molecule has 1 aromatic carbocycles. The number of nitrogens with zero attached hydrogens (tertiary/aromatic N) is 1. The van der Waals surface area contributed by atoms with Gasteiger partial charge in [-0.15, -0.1) is 0 Å². The Morgan fingerprint density at radius 2 is 1.83 bits per heavy atom. The molecule has 0 saturated heterocycles. The topological polar surface area (TPSA) is 70.5 Å². The van der Waals surface area contributed by atoms with E-state index in [9.17, 15) is 8.78 Å². The molecule has 1 aromatic heterocycles. The molecule has 18 heavy (non-hydrogen) atoms. The molecule has 0 saturated carbocycles. The average molecular weight is 256 g/mol. The van der Waals surface area contributed by atoms with Crippen LogP contribution < -0.4 is 15.2 Å². The monoisotopic (exact) mass is 256 g/mol. The number of halogens is 2. The van der Waals surface area contributed by atoms with Crippen molar-refractivity contribution in [3.63, 3.8) is 0 Å². The van der Waals surface area contributed by atoms with Gasteiger partial charge in [0, 0.05) is 6.07 Å². The number of ether oxygens (including phenoxy) is 2. The maximum atomic E-state index is 13.9. The maximum Gasteiger partial charge on any atom is 0.230 e. The molecule has 7 heteroatoms. The standard InChI is InChI=1S/C11H10F2N2O3/c1-16-9-7(13)3-6(12)8(10(9)17-2)5-4-15-18-11(5)14/h3-4H,14H2,1-2H3. The molecule has 0 spiro atoms. The van der Waals surface area contributed by atoms with E-state index < -0.39 is 11.6 Å². The van der Waals surface area contributed by atoms with Crippen molar-refractivity contribution in [2.45, 2.75) is 0 Å². The second-order valence-electron chi connectivity index (χ2n) is 3.39. The van der Waals surface area contributed by atoms with Gasteiger partial charge < -0.3 is 19.7 Å². The molecule has 0 unspecified atom stereocenters. The van der Waals surface area contributed by atoms with E-state index in [0.29, 0.717) is 6.07 Å². The molecular formula is C11H10F2N2O3. The molecule has 2 rings (SSSR count). The van der Waals surface area contributed by atoms with Crippen LogP contribution in [0.5, 0.6) is 11.5 Å². The third-order valence-corrected chi connectivity index (χ3v) is 2.42. The lowest BCUT2D eigenvalue weighted by atomic mass is 10.1. The summed E-state index contributed by atoms with van der Waals surface area (Å²) >= 11 is 0. The number of anilines is 1. The highest BCUT2D eigenvalue weighted by atomic mass is 19.1. The molecule has 96 valence electrons. The van der Waals surface area contributed by atoms with Crippen LogP contribution in [0.25, 0.3) is 11.1 Å². The Kier molecular flexibility index (Phi) is 3.05. The minimum atomic E-state index is -0.870. The van der Waals surface area contributed by atoms with Gasteiger partial charge in [0.15, 0.2) is 17.3 Å². The van der Waals surface area contributed by atoms with Gasteiger partial charge in [0.25, 0.3) is 0 Å². The third-order valence-electron chi connectivity index (χ3n) is 2.42. The fraction of sp³-hybridized carbons (Fsp3) is 0.182. The Morgan fingerprint density at radius 1 is 1.17 bits per heavy atom. The number of hydrogen-bond acceptors (Lipinski definition) is 5. The highest BCUT2D eigenvalue weighted by molar-refractivity contribution is 5.80. The van der Waals surface area contributed by atoms with Gasteiger partial charge in [-0.05, 0) is 0 Å². The van der Waals surface area contributed by atoms with Crippen molar-refractivity contribution in [2.75, 3.05) is 20.0 Å². The molecule has 0 aliphatic heterocycles. The fourth-order valence-electron chi connectivity index (χ4n) is 1.65. The molecule has 0 aliphatic rings. The van der Waals surface area contributed by atoms with E-state index in [1.807, 2.05) is 0 Å². The summed E-state index contributed by atoms with van der Waals surface area (Å²) in [5, 5.41) is 3.44. The molecule has 0 bridgehead atoms. The van der Waals surface area contributed by atoms with E-state index in [0.717, 1.165) is 0 Å². The zero-order valence-electron chi connectivity index (χ0n) is 9.66. The fourth-order valence-corrected chi connectivity index (χ4v) is 1.65. The van der Waals surface area contributed by atoms with Crippen LogP contribution in [0.15, 0.2) is 16.8 Å². The summed E-state index contributed by atoms with van der Waals surface area (Å²) in [7, 11) is 2.52. The lowest BCUT2D eigenvalue weighted by Gasteiger charge is -2.13. The van der Waals surface area contributed by atoms with E-state index in [4.69, 9.17) is 15.2 Å². The quantitative estimate of drug-likeness (QED) is 0.911. The van der Waals surface area contributed by atoms with Crippen molar-refractivity contribution in [3.8, 4) is 22.6 Å². The van der Waals surface area contributed by atoms with Gasteiger partial charge >= 0.3 is 0 Å². The Morgan fingerprint density at radius 3 is 2.33 bits per heavy atom. The van der Waals surface area contributed by atoms with Gasteiger partial charge in [-0.2, -0.15) is 0 Å². The summed E-state index contributed by atoms with van der Waals surface area (Å²) in [6, 6.07) is 0.684. The number of nitrogen functional groups attached to an aromatic ring is 1. The smallest absolute Gasteiger partial charge is 0.230 e. The first-order valence-corrected chi connectivity index (χ1v) is 4.90. The van der Waals surface area contributed by atoms with Crippen LogP contribution in [0, 0.1) is 11.6 Å². The van der Waals surface area contributed by atoms with Crippen molar-refractivity contribution in [2.24, 2.45) is 0 Å². The normalized spacial score (nSPS) is 10.4. The summed E-state index contributed by atoms with van der Waals surface area (Å²) in [6.07, 6.45) is 1.22. The van der Waals surface area contributed by atoms with Gasteiger partial charge in [0.2, 0.25) is 5.88 Å². The highest BCUT2D eigenvalue weighted by Gasteiger charge is 2.24. The summed E-state index contributed by atoms with van der Waals surface area (Å²) in [4.78, 5) is 0. The van der Waals surface area contributed by atoms with Crippen LogP contribution in [0.3, 0.4) is 0 Å². The van der Waals surface area contributed by atoms with E-state index >= 15 is 0 Å². The van der Waals surface area contributed by atoms with Gasteiger partial charge in [-0.3, -0.25) is 0 Å². The van der Waals surface area contributed by atoms with Crippen LogP contribution in [0.2, 0.25) is 0 Å². The van der Waals surface area contributed by atoms with Crippen molar-refractivity contribution in [1.29, 1.82) is 0 Å². The second kappa shape index (κ2) is 4.52. The largest absolute Gasteiger partial charge is 0.492 e. The van der Waals surface area contributed by atoms with E-state index in [2.05, 4.69) is 9.68 Å². The lowest BCUT2D eigenvalue weighted by molar-refractivity contribution is 0.335. The SMILES string of the molecule is COc1c(F)cc(F)c(-c2cnoc2N)c1OC.